The molecule has 19 heavy (non-hydrogen) atoms. The third-order valence-electron chi connectivity index (χ3n) is 3.06. The van der Waals surface area contributed by atoms with Gasteiger partial charge in [0.2, 0.25) is 0 Å². The number of pyridine rings is 1. The maximum Gasteiger partial charge on any atom is 0.270 e. The Bertz CT molecular complexity index is 763. The number of nitrogens with zero attached hydrogens (tertiary/aromatic N) is 3. The monoisotopic (exact) mass is 253 g/mol. The van der Waals surface area contributed by atoms with Crippen molar-refractivity contribution in [2.75, 3.05) is 0 Å². The minimum atomic E-state index is -0.382. The lowest BCUT2D eigenvalue weighted by molar-refractivity contribution is -0.384. The number of fused-ring (bicyclic) bond motifs is 1. The summed E-state index contributed by atoms with van der Waals surface area (Å²) in [6.07, 6.45) is 1.73. The van der Waals surface area contributed by atoms with Crippen molar-refractivity contribution in [1.82, 2.24) is 9.55 Å². The molecule has 1 aromatic carbocycles. The summed E-state index contributed by atoms with van der Waals surface area (Å²) in [6.45, 7) is 1.96. The van der Waals surface area contributed by atoms with Crippen LogP contribution in [0.5, 0.6) is 0 Å². The molecule has 0 bridgehead atoms. The molecule has 5 nitrogen and oxygen atoms in total. The Morgan fingerprint density at radius 2 is 2.05 bits per heavy atom. The number of hydrogen-bond acceptors (Lipinski definition) is 3. The highest BCUT2D eigenvalue weighted by Gasteiger charge is 2.12. The van der Waals surface area contributed by atoms with E-state index in [1.165, 1.54) is 6.07 Å². The van der Waals surface area contributed by atoms with Crippen molar-refractivity contribution in [2.45, 2.75) is 6.92 Å². The highest BCUT2D eigenvalue weighted by atomic mass is 16.6. The van der Waals surface area contributed by atoms with Gasteiger partial charge in [-0.15, -0.1) is 0 Å². The quantitative estimate of drug-likeness (QED) is 0.520. The van der Waals surface area contributed by atoms with Crippen molar-refractivity contribution in [3.8, 4) is 5.82 Å². The first-order valence-electron chi connectivity index (χ1n) is 5.85. The molecule has 0 radical (unpaired) electrons. The van der Waals surface area contributed by atoms with Crippen LogP contribution >= 0.6 is 0 Å². The number of non-ortho nitro benzene ring substituents is 1. The molecule has 94 valence electrons. The van der Waals surface area contributed by atoms with Crippen molar-refractivity contribution in [1.29, 1.82) is 0 Å². The Hall–Kier alpha value is -2.69. The van der Waals surface area contributed by atoms with Gasteiger partial charge in [-0.25, -0.2) is 4.98 Å². The maximum absolute atomic E-state index is 10.8. The zero-order chi connectivity index (χ0) is 13.4. The molecule has 3 aromatic rings. The van der Waals surface area contributed by atoms with Gasteiger partial charge in [-0.05, 0) is 31.2 Å². The van der Waals surface area contributed by atoms with Crippen LogP contribution in [0, 0.1) is 17.0 Å². The van der Waals surface area contributed by atoms with Gasteiger partial charge in [-0.1, -0.05) is 6.07 Å². The molecule has 0 fully saturated rings. The minimum absolute atomic E-state index is 0.102. The molecule has 0 spiro atoms. The van der Waals surface area contributed by atoms with Gasteiger partial charge in [-0.3, -0.25) is 14.7 Å². The van der Waals surface area contributed by atoms with Crippen molar-refractivity contribution in [2.24, 2.45) is 0 Å². The Balaban J connectivity index is 2.27. The van der Waals surface area contributed by atoms with Crippen molar-refractivity contribution in [3.63, 3.8) is 0 Å². The molecule has 5 heteroatoms. The number of aryl methyl sites for hydroxylation is 1. The molecular weight excluding hydrogens is 242 g/mol. The predicted molar refractivity (Wildman–Crippen MR) is 72.5 cm³/mol. The molecule has 0 saturated carbocycles. The largest absolute Gasteiger partial charge is 0.298 e. The molecule has 0 aliphatic carbocycles. The Morgan fingerprint density at radius 3 is 2.74 bits per heavy atom. The topological polar surface area (TPSA) is 61.0 Å². The maximum atomic E-state index is 10.8. The summed E-state index contributed by atoms with van der Waals surface area (Å²) < 4.78 is 1.99. The van der Waals surface area contributed by atoms with Crippen molar-refractivity contribution in [3.05, 3.63) is 64.5 Å². The fourth-order valence-corrected chi connectivity index (χ4v) is 2.24. The van der Waals surface area contributed by atoms with E-state index in [-0.39, 0.29) is 10.6 Å². The molecule has 0 aliphatic rings. The third kappa shape index (κ3) is 1.85. The molecule has 0 unspecified atom stereocenters. The summed E-state index contributed by atoms with van der Waals surface area (Å²) in [5.41, 5.74) is 2.02. The highest BCUT2D eigenvalue weighted by molar-refractivity contribution is 5.85. The van der Waals surface area contributed by atoms with E-state index in [0.29, 0.717) is 0 Å². The molecule has 0 amide bonds. The lowest BCUT2D eigenvalue weighted by atomic mass is 10.2. The van der Waals surface area contributed by atoms with Gasteiger partial charge < -0.3 is 0 Å². The van der Waals surface area contributed by atoms with Gasteiger partial charge in [-0.2, -0.15) is 0 Å². The Kier molecular flexibility index (Phi) is 2.52. The molecule has 2 heterocycles. The Morgan fingerprint density at radius 1 is 1.21 bits per heavy atom. The second kappa shape index (κ2) is 4.20. The fourth-order valence-electron chi connectivity index (χ4n) is 2.24. The molecule has 2 aromatic heterocycles. The first kappa shape index (κ1) is 11.4. The van der Waals surface area contributed by atoms with E-state index in [0.717, 1.165) is 22.4 Å². The molecule has 0 atom stereocenters. The summed E-state index contributed by atoms with van der Waals surface area (Å²) in [5, 5.41) is 11.6. The van der Waals surface area contributed by atoms with Crippen LogP contribution in [0.25, 0.3) is 16.7 Å². The standard InChI is InChI=1S/C14H11N3O2/c1-10-8-11-9-12(17(18)19)5-6-13(11)16(10)14-4-2-3-7-15-14/h2-9H,1H3. The van der Waals surface area contributed by atoms with Gasteiger partial charge in [0.05, 0.1) is 10.4 Å². The number of aromatic nitrogens is 2. The molecule has 0 aliphatic heterocycles. The average molecular weight is 253 g/mol. The van der Waals surface area contributed by atoms with E-state index in [2.05, 4.69) is 4.98 Å². The highest BCUT2D eigenvalue weighted by Crippen LogP contribution is 2.26. The second-order valence-corrected chi connectivity index (χ2v) is 4.31. The van der Waals surface area contributed by atoms with Crippen LogP contribution in [0.4, 0.5) is 5.69 Å². The van der Waals surface area contributed by atoms with Gasteiger partial charge in [0.15, 0.2) is 0 Å². The second-order valence-electron chi connectivity index (χ2n) is 4.31. The minimum Gasteiger partial charge on any atom is -0.298 e. The van der Waals surface area contributed by atoms with E-state index in [1.807, 2.05) is 35.8 Å². The molecular formula is C14H11N3O2. The summed E-state index contributed by atoms with van der Waals surface area (Å²) in [5.74, 6) is 0.809. The van der Waals surface area contributed by atoms with Crippen LogP contribution in [0.2, 0.25) is 0 Å². The van der Waals surface area contributed by atoms with Crippen LogP contribution in [-0.4, -0.2) is 14.5 Å². The average Bonchev–Trinajstić information content (AvgIpc) is 2.74. The first-order valence-corrected chi connectivity index (χ1v) is 5.85. The number of nitro groups is 1. The number of hydrogen-bond donors (Lipinski definition) is 0. The summed E-state index contributed by atoms with van der Waals surface area (Å²) in [4.78, 5) is 14.7. The van der Waals surface area contributed by atoms with Gasteiger partial charge in [0.1, 0.15) is 5.82 Å². The third-order valence-corrected chi connectivity index (χ3v) is 3.06. The smallest absolute Gasteiger partial charge is 0.270 e. The predicted octanol–water partition coefficient (Wildman–Crippen LogP) is 3.24. The SMILES string of the molecule is Cc1cc2cc([N+](=O)[O-])ccc2n1-c1ccccn1. The summed E-state index contributed by atoms with van der Waals surface area (Å²) >= 11 is 0. The Labute approximate surface area is 109 Å². The lowest BCUT2D eigenvalue weighted by Crippen LogP contribution is -1.98. The number of nitro benzene ring substituents is 1. The van der Waals surface area contributed by atoms with E-state index >= 15 is 0 Å². The molecule has 0 N–H and O–H groups in total. The fraction of sp³-hybridized carbons (Fsp3) is 0.0714. The lowest BCUT2D eigenvalue weighted by Gasteiger charge is -2.06. The molecule has 0 saturated heterocycles. The van der Waals surface area contributed by atoms with E-state index in [9.17, 15) is 10.1 Å². The van der Waals surface area contributed by atoms with Gasteiger partial charge in [0, 0.05) is 29.4 Å². The van der Waals surface area contributed by atoms with E-state index < -0.39 is 0 Å². The van der Waals surface area contributed by atoms with Gasteiger partial charge in [0.25, 0.3) is 5.69 Å². The zero-order valence-corrected chi connectivity index (χ0v) is 10.3. The van der Waals surface area contributed by atoms with Crippen LogP contribution in [-0.2, 0) is 0 Å². The van der Waals surface area contributed by atoms with E-state index in [4.69, 9.17) is 0 Å². The zero-order valence-electron chi connectivity index (χ0n) is 10.3. The number of benzene rings is 1. The van der Waals surface area contributed by atoms with Crippen LogP contribution in [0.3, 0.4) is 0 Å². The summed E-state index contributed by atoms with van der Waals surface area (Å²) in [7, 11) is 0. The normalized spacial score (nSPS) is 10.8. The van der Waals surface area contributed by atoms with Crippen molar-refractivity contribution >= 4 is 16.6 Å². The first-order chi connectivity index (χ1) is 9.16. The van der Waals surface area contributed by atoms with Gasteiger partial charge >= 0.3 is 0 Å². The van der Waals surface area contributed by atoms with Crippen LogP contribution in [0.15, 0.2) is 48.7 Å². The number of rotatable bonds is 2. The van der Waals surface area contributed by atoms with Crippen LogP contribution < -0.4 is 0 Å². The van der Waals surface area contributed by atoms with Crippen LogP contribution in [0.1, 0.15) is 5.69 Å². The molecule has 3 rings (SSSR count). The summed E-state index contributed by atoms with van der Waals surface area (Å²) in [6, 6.07) is 12.5. The van der Waals surface area contributed by atoms with E-state index in [1.54, 1.807) is 18.3 Å². The van der Waals surface area contributed by atoms with Crippen molar-refractivity contribution < 1.29 is 4.92 Å².